The van der Waals surface area contributed by atoms with Crippen LogP contribution in [0, 0.1) is 5.82 Å². The number of rotatable bonds is 5. The second-order valence-electron chi connectivity index (χ2n) is 5.97. The Bertz CT molecular complexity index is 721. The molecule has 1 aromatic carbocycles. The SMILES string of the molecule is O=C(CSc1n[nH]c(C=Cc2ccc(F)cc2)n1)N1CCCCCC1. The maximum atomic E-state index is 12.9. The highest BCUT2D eigenvalue weighted by molar-refractivity contribution is 7.99. The van der Waals surface area contributed by atoms with Gasteiger partial charge in [0.15, 0.2) is 0 Å². The summed E-state index contributed by atoms with van der Waals surface area (Å²) in [6, 6.07) is 6.21. The Morgan fingerprint density at radius 1 is 1.16 bits per heavy atom. The summed E-state index contributed by atoms with van der Waals surface area (Å²) in [6.07, 6.45) is 8.21. The Labute approximate surface area is 150 Å². The lowest BCUT2D eigenvalue weighted by Crippen LogP contribution is -2.33. The minimum absolute atomic E-state index is 0.153. The first kappa shape index (κ1) is 17.7. The molecule has 1 N–H and O–H groups in total. The number of halogens is 1. The number of hydrogen-bond donors (Lipinski definition) is 1. The van der Waals surface area contributed by atoms with Crippen molar-refractivity contribution in [3.05, 3.63) is 41.5 Å². The minimum atomic E-state index is -0.260. The smallest absolute Gasteiger partial charge is 0.233 e. The van der Waals surface area contributed by atoms with E-state index in [1.807, 2.05) is 11.0 Å². The first-order valence-corrected chi connectivity index (χ1v) is 9.46. The van der Waals surface area contributed by atoms with Crippen LogP contribution in [0.15, 0.2) is 29.4 Å². The van der Waals surface area contributed by atoms with E-state index in [1.165, 1.54) is 36.7 Å². The normalized spacial score (nSPS) is 15.5. The van der Waals surface area contributed by atoms with Crippen molar-refractivity contribution in [1.82, 2.24) is 20.1 Å². The second kappa shape index (κ2) is 8.80. The molecule has 5 nitrogen and oxygen atoms in total. The molecule has 1 aliphatic heterocycles. The van der Waals surface area contributed by atoms with Crippen molar-refractivity contribution in [3.63, 3.8) is 0 Å². The summed E-state index contributed by atoms with van der Waals surface area (Å²) in [5.74, 6) is 0.859. The first-order chi connectivity index (χ1) is 12.2. The van der Waals surface area contributed by atoms with E-state index in [4.69, 9.17) is 0 Å². The van der Waals surface area contributed by atoms with Crippen molar-refractivity contribution in [2.24, 2.45) is 0 Å². The predicted molar refractivity (Wildman–Crippen MR) is 97.5 cm³/mol. The molecule has 1 aliphatic rings. The van der Waals surface area contributed by atoms with E-state index >= 15 is 0 Å². The fourth-order valence-corrected chi connectivity index (χ4v) is 3.39. The molecule has 1 aromatic heterocycles. The van der Waals surface area contributed by atoms with Gasteiger partial charge < -0.3 is 4.90 Å². The Hall–Kier alpha value is -2.15. The number of likely N-dealkylation sites (tertiary alicyclic amines) is 1. The molecule has 2 aromatic rings. The van der Waals surface area contributed by atoms with E-state index in [1.54, 1.807) is 18.2 Å². The fourth-order valence-electron chi connectivity index (χ4n) is 2.68. The highest BCUT2D eigenvalue weighted by Crippen LogP contribution is 2.16. The second-order valence-corrected chi connectivity index (χ2v) is 6.91. The summed E-state index contributed by atoms with van der Waals surface area (Å²) in [5.41, 5.74) is 0.878. The van der Waals surface area contributed by atoms with Gasteiger partial charge in [-0.2, -0.15) is 0 Å². The zero-order valence-corrected chi connectivity index (χ0v) is 14.8. The number of H-pyrrole nitrogens is 1. The average Bonchev–Trinajstić information content (AvgIpc) is 2.90. The molecule has 7 heteroatoms. The van der Waals surface area contributed by atoms with Gasteiger partial charge in [-0.25, -0.2) is 9.37 Å². The largest absolute Gasteiger partial charge is 0.342 e. The van der Waals surface area contributed by atoms with Crippen molar-refractivity contribution in [1.29, 1.82) is 0 Å². The molecule has 0 aliphatic carbocycles. The van der Waals surface area contributed by atoms with Gasteiger partial charge in [-0.15, -0.1) is 5.10 Å². The van der Waals surface area contributed by atoms with E-state index in [9.17, 15) is 9.18 Å². The number of carbonyl (C=O) groups is 1. The molecule has 1 fully saturated rings. The summed E-state index contributed by atoms with van der Waals surface area (Å²) in [7, 11) is 0. The monoisotopic (exact) mass is 360 g/mol. The molecule has 25 heavy (non-hydrogen) atoms. The Balaban J connectivity index is 1.51. The molecule has 3 rings (SSSR count). The van der Waals surface area contributed by atoms with Crippen molar-refractivity contribution in [3.8, 4) is 0 Å². The molecule has 0 bridgehead atoms. The Morgan fingerprint density at radius 3 is 2.60 bits per heavy atom. The average molecular weight is 360 g/mol. The van der Waals surface area contributed by atoms with Gasteiger partial charge in [-0.05, 0) is 36.6 Å². The maximum Gasteiger partial charge on any atom is 0.233 e. The molecule has 0 radical (unpaired) electrons. The molecular formula is C18H21FN4OS. The Morgan fingerprint density at radius 2 is 1.88 bits per heavy atom. The third-order valence-corrected chi connectivity index (χ3v) is 4.90. The zero-order chi connectivity index (χ0) is 17.5. The van der Waals surface area contributed by atoms with Gasteiger partial charge in [0.25, 0.3) is 0 Å². The van der Waals surface area contributed by atoms with Crippen molar-refractivity contribution >= 4 is 29.8 Å². The topological polar surface area (TPSA) is 61.9 Å². The molecule has 0 unspecified atom stereocenters. The van der Waals surface area contributed by atoms with Crippen molar-refractivity contribution in [2.45, 2.75) is 30.8 Å². The van der Waals surface area contributed by atoms with Crippen LogP contribution in [0.25, 0.3) is 12.2 Å². The molecule has 1 saturated heterocycles. The minimum Gasteiger partial charge on any atom is -0.342 e. The summed E-state index contributed by atoms with van der Waals surface area (Å²) in [5, 5.41) is 7.51. The van der Waals surface area contributed by atoms with Crippen LogP contribution < -0.4 is 0 Å². The van der Waals surface area contributed by atoms with Gasteiger partial charge >= 0.3 is 0 Å². The van der Waals surface area contributed by atoms with Gasteiger partial charge in [-0.1, -0.05) is 42.8 Å². The highest BCUT2D eigenvalue weighted by atomic mass is 32.2. The standard InChI is InChI=1S/C18H21FN4OS/c19-15-8-5-14(6-9-15)7-10-16-20-18(22-21-16)25-13-17(24)23-11-3-1-2-4-12-23/h5-10H,1-4,11-13H2,(H,20,21,22). The lowest BCUT2D eigenvalue weighted by molar-refractivity contribution is -0.128. The molecule has 0 atom stereocenters. The highest BCUT2D eigenvalue weighted by Gasteiger charge is 2.16. The molecule has 132 valence electrons. The summed E-state index contributed by atoms with van der Waals surface area (Å²) in [4.78, 5) is 18.6. The molecule has 2 heterocycles. The van der Waals surface area contributed by atoms with E-state index in [0.29, 0.717) is 16.7 Å². The van der Waals surface area contributed by atoms with Crippen LogP contribution in [0.2, 0.25) is 0 Å². The first-order valence-electron chi connectivity index (χ1n) is 8.47. The van der Waals surface area contributed by atoms with Gasteiger partial charge in [-0.3, -0.25) is 9.89 Å². The third kappa shape index (κ3) is 5.42. The number of carbonyl (C=O) groups excluding carboxylic acids is 1. The van der Waals surface area contributed by atoms with Crippen molar-refractivity contribution < 1.29 is 9.18 Å². The van der Waals surface area contributed by atoms with Crippen molar-refractivity contribution in [2.75, 3.05) is 18.8 Å². The quantitative estimate of drug-likeness (QED) is 0.828. The number of nitrogens with one attached hydrogen (secondary N) is 1. The summed E-state index contributed by atoms with van der Waals surface area (Å²) < 4.78 is 12.9. The van der Waals surface area contributed by atoms with E-state index in [0.717, 1.165) is 31.5 Å². The lowest BCUT2D eigenvalue weighted by Gasteiger charge is -2.19. The van der Waals surface area contributed by atoms with Gasteiger partial charge in [0.1, 0.15) is 11.6 Å². The van der Waals surface area contributed by atoms with Crippen LogP contribution in [0.3, 0.4) is 0 Å². The number of aromatic nitrogens is 3. The van der Waals surface area contributed by atoms with Crippen LogP contribution >= 0.6 is 11.8 Å². The molecular weight excluding hydrogens is 339 g/mol. The van der Waals surface area contributed by atoms with Gasteiger partial charge in [0, 0.05) is 13.1 Å². The fraction of sp³-hybridized carbons (Fsp3) is 0.389. The number of nitrogens with zero attached hydrogens (tertiary/aromatic N) is 3. The number of benzene rings is 1. The summed E-state index contributed by atoms with van der Waals surface area (Å²) >= 11 is 1.35. The molecule has 0 saturated carbocycles. The number of amides is 1. The maximum absolute atomic E-state index is 12.9. The van der Waals surface area contributed by atoms with Crippen LogP contribution in [-0.2, 0) is 4.79 Å². The predicted octanol–water partition coefficient (Wildman–Crippen LogP) is 3.61. The summed E-state index contributed by atoms with van der Waals surface area (Å²) in [6.45, 7) is 1.72. The van der Waals surface area contributed by atoms with Crippen LogP contribution in [0.5, 0.6) is 0 Å². The van der Waals surface area contributed by atoms with Crippen LogP contribution in [0.1, 0.15) is 37.1 Å². The lowest BCUT2D eigenvalue weighted by atomic mass is 10.2. The number of thioether (sulfide) groups is 1. The number of hydrogen-bond acceptors (Lipinski definition) is 4. The number of aromatic amines is 1. The van der Waals surface area contributed by atoms with Gasteiger partial charge in [0.05, 0.1) is 5.75 Å². The van der Waals surface area contributed by atoms with E-state index in [2.05, 4.69) is 15.2 Å². The van der Waals surface area contributed by atoms with E-state index < -0.39 is 0 Å². The zero-order valence-electron chi connectivity index (χ0n) is 13.9. The van der Waals surface area contributed by atoms with Crippen LogP contribution in [0.4, 0.5) is 4.39 Å². The molecule has 0 spiro atoms. The third-order valence-electron chi connectivity index (χ3n) is 4.07. The van der Waals surface area contributed by atoms with Gasteiger partial charge in [0.2, 0.25) is 11.1 Å². The van der Waals surface area contributed by atoms with E-state index in [-0.39, 0.29) is 11.7 Å². The van der Waals surface area contributed by atoms with Crippen LogP contribution in [-0.4, -0.2) is 44.8 Å². The molecule has 1 amide bonds. The Kier molecular flexibility index (Phi) is 6.22.